The van der Waals surface area contributed by atoms with Crippen molar-refractivity contribution < 1.29 is 9.90 Å². The second-order valence-electron chi connectivity index (χ2n) is 6.45. The van der Waals surface area contributed by atoms with Gasteiger partial charge in [0.05, 0.1) is 13.2 Å². The van der Waals surface area contributed by atoms with Crippen LogP contribution in [-0.2, 0) is 24.3 Å². The topological polar surface area (TPSA) is 89.2 Å². The molecule has 3 rings (SSSR count). The van der Waals surface area contributed by atoms with Gasteiger partial charge in [0.25, 0.3) is 0 Å². The van der Waals surface area contributed by atoms with Crippen LogP contribution in [0, 0.1) is 0 Å². The molecule has 0 saturated carbocycles. The minimum absolute atomic E-state index is 0.0589. The van der Waals surface area contributed by atoms with Gasteiger partial charge in [-0.25, -0.2) is 9.48 Å². The fourth-order valence-electron chi connectivity index (χ4n) is 2.95. The molecule has 2 aromatic carbocycles. The number of hydrogen-bond donors (Lipinski definition) is 2. The molecule has 158 valence electrons. The number of nitrogens with one attached hydrogen (secondary N) is 1. The zero-order valence-electron chi connectivity index (χ0n) is 15.8. The molecule has 0 radical (unpaired) electrons. The van der Waals surface area contributed by atoms with Crippen molar-refractivity contribution in [3.05, 3.63) is 73.6 Å². The SMILES string of the molecule is O=C(Cn1nc(-c2ccc(Cl)cc2)n(CCO)c1=O)NCCc1c(Cl)cccc1Cl. The summed E-state index contributed by atoms with van der Waals surface area (Å²) < 4.78 is 2.39. The highest BCUT2D eigenvalue weighted by atomic mass is 35.5. The van der Waals surface area contributed by atoms with Crippen molar-refractivity contribution in [2.45, 2.75) is 19.5 Å². The first-order chi connectivity index (χ1) is 14.4. The first-order valence-corrected chi connectivity index (χ1v) is 10.3. The molecule has 0 bridgehead atoms. The lowest BCUT2D eigenvalue weighted by Crippen LogP contribution is -2.34. The highest BCUT2D eigenvalue weighted by molar-refractivity contribution is 6.36. The summed E-state index contributed by atoms with van der Waals surface area (Å²) in [6.07, 6.45) is 0.453. The minimum Gasteiger partial charge on any atom is -0.395 e. The minimum atomic E-state index is -0.488. The Labute approximate surface area is 187 Å². The summed E-state index contributed by atoms with van der Waals surface area (Å²) in [6, 6.07) is 12.0. The number of aromatic nitrogens is 3. The van der Waals surface area contributed by atoms with Gasteiger partial charge in [0.2, 0.25) is 5.91 Å². The molecule has 1 amide bonds. The number of nitrogens with zero attached hydrogens (tertiary/aromatic N) is 3. The average molecular weight is 470 g/mol. The third-order valence-electron chi connectivity index (χ3n) is 4.40. The van der Waals surface area contributed by atoms with Gasteiger partial charge in [-0.1, -0.05) is 40.9 Å². The van der Waals surface area contributed by atoms with Crippen LogP contribution >= 0.6 is 34.8 Å². The van der Waals surface area contributed by atoms with E-state index in [9.17, 15) is 14.7 Å². The number of amides is 1. The molecule has 0 saturated heterocycles. The summed E-state index contributed by atoms with van der Waals surface area (Å²) in [4.78, 5) is 25.0. The quantitative estimate of drug-likeness (QED) is 0.531. The molecule has 10 heteroatoms. The van der Waals surface area contributed by atoms with E-state index in [0.717, 1.165) is 10.2 Å². The van der Waals surface area contributed by atoms with Crippen LogP contribution < -0.4 is 11.0 Å². The van der Waals surface area contributed by atoms with E-state index in [0.29, 0.717) is 39.4 Å². The molecule has 7 nitrogen and oxygen atoms in total. The molecule has 0 aliphatic heterocycles. The lowest BCUT2D eigenvalue weighted by molar-refractivity contribution is -0.121. The first kappa shape index (κ1) is 22.4. The first-order valence-electron chi connectivity index (χ1n) is 9.14. The van der Waals surface area contributed by atoms with Crippen molar-refractivity contribution in [1.29, 1.82) is 0 Å². The van der Waals surface area contributed by atoms with E-state index in [4.69, 9.17) is 34.8 Å². The number of carbonyl (C=O) groups excluding carboxylic acids is 1. The molecular formula is C20H19Cl3N4O3. The van der Waals surface area contributed by atoms with E-state index in [1.54, 1.807) is 42.5 Å². The summed E-state index contributed by atoms with van der Waals surface area (Å²) in [6.45, 7) is -0.132. The van der Waals surface area contributed by atoms with Crippen LogP contribution in [-0.4, -0.2) is 38.5 Å². The predicted molar refractivity (Wildman–Crippen MR) is 117 cm³/mol. The van der Waals surface area contributed by atoms with Crippen LogP contribution in [0.3, 0.4) is 0 Å². The number of rotatable bonds is 8. The van der Waals surface area contributed by atoms with Crippen molar-refractivity contribution >= 4 is 40.7 Å². The van der Waals surface area contributed by atoms with E-state index in [-0.39, 0.29) is 25.6 Å². The zero-order chi connectivity index (χ0) is 21.7. The Morgan fingerprint density at radius 2 is 1.73 bits per heavy atom. The van der Waals surface area contributed by atoms with Crippen molar-refractivity contribution in [3.8, 4) is 11.4 Å². The lowest BCUT2D eigenvalue weighted by atomic mass is 10.1. The molecule has 0 atom stereocenters. The molecule has 0 aliphatic rings. The highest BCUT2D eigenvalue weighted by Gasteiger charge is 2.17. The molecule has 0 aliphatic carbocycles. The van der Waals surface area contributed by atoms with E-state index >= 15 is 0 Å². The Morgan fingerprint density at radius 3 is 2.37 bits per heavy atom. The Morgan fingerprint density at radius 1 is 1.07 bits per heavy atom. The molecule has 1 heterocycles. The van der Waals surface area contributed by atoms with Crippen LogP contribution in [0.5, 0.6) is 0 Å². The molecule has 0 spiro atoms. The van der Waals surface area contributed by atoms with E-state index in [1.165, 1.54) is 4.57 Å². The fourth-order valence-corrected chi connectivity index (χ4v) is 3.66. The molecule has 0 unspecified atom stereocenters. The molecular weight excluding hydrogens is 451 g/mol. The van der Waals surface area contributed by atoms with Crippen LogP contribution in [0.25, 0.3) is 11.4 Å². The Hall–Kier alpha value is -2.32. The maximum absolute atomic E-state index is 12.7. The van der Waals surface area contributed by atoms with Crippen molar-refractivity contribution in [1.82, 2.24) is 19.7 Å². The number of halogens is 3. The smallest absolute Gasteiger partial charge is 0.346 e. The van der Waals surface area contributed by atoms with Crippen LogP contribution in [0.1, 0.15) is 5.56 Å². The second kappa shape index (κ2) is 10.1. The van der Waals surface area contributed by atoms with Crippen molar-refractivity contribution in [2.75, 3.05) is 13.2 Å². The van der Waals surface area contributed by atoms with Gasteiger partial charge in [0, 0.05) is 27.2 Å². The molecule has 0 fully saturated rings. The third kappa shape index (κ3) is 5.23. The summed E-state index contributed by atoms with van der Waals surface area (Å²) in [7, 11) is 0. The van der Waals surface area contributed by atoms with Gasteiger partial charge in [0.1, 0.15) is 6.54 Å². The van der Waals surface area contributed by atoms with Gasteiger partial charge in [0.15, 0.2) is 5.82 Å². The lowest BCUT2D eigenvalue weighted by Gasteiger charge is -2.08. The van der Waals surface area contributed by atoms with Crippen molar-refractivity contribution in [2.24, 2.45) is 0 Å². The van der Waals surface area contributed by atoms with Gasteiger partial charge >= 0.3 is 5.69 Å². The molecule has 2 N–H and O–H groups in total. The second-order valence-corrected chi connectivity index (χ2v) is 7.70. The number of benzene rings is 2. The summed E-state index contributed by atoms with van der Waals surface area (Å²) >= 11 is 18.2. The van der Waals surface area contributed by atoms with Gasteiger partial charge in [-0.2, -0.15) is 0 Å². The maximum Gasteiger partial charge on any atom is 0.346 e. The van der Waals surface area contributed by atoms with E-state index in [2.05, 4.69) is 10.4 Å². The van der Waals surface area contributed by atoms with Crippen LogP contribution in [0.4, 0.5) is 0 Å². The van der Waals surface area contributed by atoms with Crippen LogP contribution in [0.15, 0.2) is 47.3 Å². The Bertz CT molecular complexity index is 1070. The average Bonchev–Trinajstić information content (AvgIpc) is 3.01. The number of carbonyl (C=O) groups is 1. The normalized spacial score (nSPS) is 10.9. The monoisotopic (exact) mass is 468 g/mol. The molecule has 30 heavy (non-hydrogen) atoms. The number of hydrogen-bond acceptors (Lipinski definition) is 4. The highest BCUT2D eigenvalue weighted by Crippen LogP contribution is 2.24. The van der Waals surface area contributed by atoms with Gasteiger partial charge in [-0.3, -0.25) is 9.36 Å². The zero-order valence-corrected chi connectivity index (χ0v) is 18.1. The Balaban J connectivity index is 1.71. The van der Waals surface area contributed by atoms with Gasteiger partial charge in [-0.15, -0.1) is 5.10 Å². The van der Waals surface area contributed by atoms with E-state index in [1.807, 2.05) is 0 Å². The van der Waals surface area contributed by atoms with Gasteiger partial charge < -0.3 is 10.4 Å². The Kier molecular flexibility index (Phi) is 7.55. The summed E-state index contributed by atoms with van der Waals surface area (Å²) in [5.41, 5.74) is 0.909. The predicted octanol–water partition coefficient (Wildman–Crippen LogP) is 3.02. The summed E-state index contributed by atoms with van der Waals surface area (Å²) in [5.74, 6) is -0.0297. The fraction of sp³-hybridized carbons (Fsp3) is 0.250. The summed E-state index contributed by atoms with van der Waals surface area (Å²) in [5, 5.41) is 17.9. The van der Waals surface area contributed by atoms with E-state index < -0.39 is 5.69 Å². The third-order valence-corrected chi connectivity index (χ3v) is 5.36. The largest absolute Gasteiger partial charge is 0.395 e. The maximum atomic E-state index is 12.7. The number of aliphatic hydroxyl groups excluding tert-OH is 1. The number of aliphatic hydroxyl groups is 1. The standard InChI is InChI=1S/C20H19Cl3N4O3/c21-14-6-4-13(5-7-14)19-25-27(20(30)26(19)10-11-28)12-18(29)24-9-8-15-16(22)2-1-3-17(15)23/h1-7,28H,8-12H2,(H,24,29). The van der Waals surface area contributed by atoms with Crippen molar-refractivity contribution in [3.63, 3.8) is 0 Å². The van der Waals surface area contributed by atoms with Gasteiger partial charge in [-0.05, 0) is 48.4 Å². The molecule has 3 aromatic rings. The molecule has 1 aromatic heterocycles. The van der Waals surface area contributed by atoms with Crippen LogP contribution in [0.2, 0.25) is 15.1 Å².